The summed E-state index contributed by atoms with van der Waals surface area (Å²) in [5, 5.41) is 6.41. The molecule has 0 aliphatic carbocycles. The first-order chi connectivity index (χ1) is 9.56. The predicted octanol–water partition coefficient (Wildman–Crippen LogP) is 2.78. The Morgan fingerprint density at radius 3 is 3.05 bits per heavy atom. The van der Waals surface area contributed by atoms with Gasteiger partial charge in [0.1, 0.15) is 5.82 Å². The summed E-state index contributed by atoms with van der Waals surface area (Å²) in [6.45, 7) is 1.76. The summed E-state index contributed by atoms with van der Waals surface area (Å²) in [4.78, 5) is 15.7. The molecular weight excluding hydrogens is 329 g/mol. The van der Waals surface area contributed by atoms with E-state index >= 15 is 0 Å². The first kappa shape index (κ1) is 14.6. The first-order valence-electron chi connectivity index (χ1n) is 6.06. The highest BCUT2D eigenvalue weighted by molar-refractivity contribution is 9.10. The molecule has 1 aromatic carbocycles. The van der Waals surface area contributed by atoms with E-state index in [1.165, 1.54) is 18.5 Å². The van der Waals surface area contributed by atoms with Crippen LogP contribution in [0.3, 0.4) is 0 Å². The van der Waals surface area contributed by atoms with Gasteiger partial charge in [-0.15, -0.1) is 0 Å². The van der Waals surface area contributed by atoms with Crippen molar-refractivity contribution >= 4 is 21.8 Å². The molecule has 0 saturated heterocycles. The summed E-state index contributed by atoms with van der Waals surface area (Å²) in [5.74, 6) is -0.0486. The Bertz CT molecular complexity index is 589. The van der Waals surface area contributed by atoms with E-state index in [-0.39, 0.29) is 24.2 Å². The number of halogens is 2. The number of hydrogen-bond acceptors (Lipinski definition) is 4. The highest BCUT2D eigenvalue weighted by Gasteiger charge is 2.13. The third-order valence-electron chi connectivity index (χ3n) is 2.77. The summed E-state index contributed by atoms with van der Waals surface area (Å²) in [6.07, 6.45) is 1.91. The van der Waals surface area contributed by atoms with Crippen LogP contribution < -0.4 is 5.32 Å². The summed E-state index contributed by atoms with van der Waals surface area (Å²) in [5.41, 5.74) is 0.757. The topological polar surface area (TPSA) is 68.0 Å². The van der Waals surface area contributed by atoms with Crippen molar-refractivity contribution in [2.24, 2.45) is 0 Å². The minimum atomic E-state index is -0.322. The highest BCUT2D eigenvalue weighted by Crippen LogP contribution is 2.19. The van der Waals surface area contributed by atoms with Crippen LogP contribution in [0.1, 0.15) is 30.8 Å². The van der Waals surface area contributed by atoms with E-state index in [0.717, 1.165) is 10.0 Å². The summed E-state index contributed by atoms with van der Waals surface area (Å²) < 4.78 is 18.5. The molecule has 106 valence electrons. The Labute approximate surface area is 123 Å². The van der Waals surface area contributed by atoms with Crippen LogP contribution in [0.15, 0.2) is 33.6 Å². The fourth-order valence-electron chi connectivity index (χ4n) is 1.73. The van der Waals surface area contributed by atoms with Gasteiger partial charge in [0, 0.05) is 10.9 Å². The SMILES string of the molecule is CC(NC(=O)CCc1cc(F)ccc1Br)c1ncon1. The molecule has 1 unspecified atom stereocenters. The fourth-order valence-corrected chi connectivity index (χ4v) is 2.18. The molecular formula is C13H13BrFN3O2. The van der Waals surface area contributed by atoms with Crippen molar-refractivity contribution in [3.05, 3.63) is 46.3 Å². The van der Waals surface area contributed by atoms with E-state index in [1.807, 2.05) is 0 Å². The van der Waals surface area contributed by atoms with Gasteiger partial charge < -0.3 is 9.84 Å². The number of rotatable bonds is 5. The van der Waals surface area contributed by atoms with Gasteiger partial charge in [0.05, 0.1) is 6.04 Å². The van der Waals surface area contributed by atoms with Gasteiger partial charge in [-0.3, -0.25) is 4.79 Å². The molecule has 2 rings (SSSR count). The zero-order valence-corrected chi connectivity index (χ0v) is 12.4. The van der Waals surface area contributed by atoms with Gasteiger partial charge in [0.15, 0.2) is 5.82 Å². The second kappa shape index (κ2) is 6.60. The number of nitrogens with zero attached hydrogens (tertiary/aromatic N) is 2. The van der Waals surface area contributed by atoms with Crippen LogP contribution in [0, 0.1) is 5.82 Å². The Morgan fingerprint density at radius 1 is 1.55 bits per heavy atom. The molecule has 1 amide bonds. The minimum Gasteiger partial charge on any atom is -0.346 e. The van der Waals surface area contributed by atoms with Crippen molar-refractivity contribution in [1.82, 2.24) is 15.5 Å². The second-order valence-corrected chi connectivity index (χ2v) is 5.17. The van der Waals surface area contributed by atoms with Gasteiger partial charge in [-0.05, 0) is 37.1 Å². The number of benzene rings is 1. The molecule has 0 bridgehead atoms. The summed E-state index contributed by atoms with van der Waals surface area (Å²) in [6, 6.07) is 4.09. The summed E-state index contributed by atoms with van der Waals surface area (Å²) in [7, 11) is 0. The van der Waals surface area contributed by atoms with E-state index in [9.17, 15) is 9.18 Å². The Morgan fingerprint density at radius 2 is 2.35 bits per heavy atom. The average Bonchev–Trinajstić information content (AvgIpc) is 2.94. The van der Waals surface area contributed by atoms with Crippen LogP contribution in [0.5, 0.6) is 0 Å². The van der Waals surface area contributed by atoms with Crippen LogP contribution in [-0.2, 0) is 11.2 Å². The van der Waals surface area contributed by atoms with Gasteiger partial charge >= 0.3 is 0 Å². The van der Waals surface area contributed by atoms with Gasteiger partial charge in [-0.1, -0.05) is 21.1 Å². The molecule has 1 aromatic heterocycles. The minimum absolute atomic E-state index is 0.154. The van der Waals surface area contributed by atoms with Crippen LogP contribution >= 0.6 is 15.9 Å². The third-order valence-corrected chi connectivity index (χ3v) is 3.55. The maximum absolute atomic E-state index is 13.1. The largest absolute Gasteiger partial charge is 0.346 e. The second-order valence-electron chi connectivity index (χ2n) is 4.31. The zero-order valence-electron chi connectivity index (χ0n) is 10.8. The van der Waals surface area contributed by atoms with E-state index in [1.54, 1.807) is 13.0 Å². The normalized spacial score (nSPS) is 12.2. The number of hydrogen-bond donors (Lipinski definition) is 1. The first-order valence-corrected chi connectivity index (χ1v) is 6.85. The summed E-state index contributed by atoms with van der Waals surface area (Å²) >= 11 is 3.33. The molecule has 2 aromatic rings. The van der Waals surface area contributed by atoms with Gasteiger partial charge in [0.25, 0.3) is 0 Å². The average molecular weight is 342 g/mol. The lowest BCUT2D eigenvalue weighted by Crippen LogP contribution is -2.27. The molecule has 5 nitrogen and oxygen atoms in total. The van der Waals surface area contributed by atoms with Crippen LogP contribution in [0.4, 0.5) is 4.39 Å². The number of carbonyl (C=O) groups excluding carboxylic acids is 1. The molecule has 20 heavy (non-hydrogen) atoms. The Hall–Kier alpha value is -1.76. The number of nitrogens with one attached hydrogen (secondary N) is 1. The molecule has 1 atom stereocenters. The zero-order chi connectivity index (χ0) is 14.5. The Kier molecular flexibility index (Phi) is 4.84. The van der Waals surface area contributed by atoms with Gasteiger partial charge in [-0.25, -0.2) is 4.39 Å². The smallest absolute Gasteiger partial charge is 0.220 e. The van der Waals surface area contributed by atoms with Crippen LogP contribution in [0.25, 0.3) is 0 Å². The van der Waals surface area contributed by atoms with E-state index < -0.39 is 0 Å². The fraction of sp³-hybridized carbons (Fsp3) is 0.308. The lowest BCUT2D eigenvalue weighted by atomic mass is 10.1. The maximum atomic E-state index is 13.1. The molecule has 1 N–H and O–H groups in total. The predicted molar refractivity (Wildman–Crippen MR) is 73.3 cm³/mol. The van der Waals surface area contributed by atoms with Crippen LogP contribution in [0.2, 0.25) is 0 Å². The molecule has 0 aliphatic rings. The van der Waals surface area contributed by atoms with Crippen LogP contribution in [-0.4, -0.2) is 16.0 Å². The molecule has 0 spiro atoms. The van der Waals surface area contributed by atoms with Gasteiger partial charge in [-0.2, -0.15) is 4.98 Å². The molecule has 0 fully saturated rings. The van der Waals surface area contributed by atoms with E-state index in [2.05, 4.69) is 35.9 Å². The monoisotopic (exact) mass is 341 g/mol. The standard InChI is InChI=1S/C13H13BrFN3O2/c1-8(13-16-7-20-18-13)17-12(19)5-2-9-6-10(15)3-4-11(9)14/h3-4,6-8H,2,5H2,1H3,(H,17,19). The number of aromatic nitrogens is 2. The molecule has 0 radical (unpaired) electrons. The lowest BCUT2D eigenvalue weighted by Gasteiger charge is -2.10. The molecule has 0 aliphatic heterocycles. The van der Waals surface area contributed by atoms with Gasteiger partial charge in [0.2, 0.25) is 12.3 Å². The van der Waals surface area contributed by atoms with Crippen molar-refractivity contribution in [2.45, 2.75) is 25.8 Å². The number of carbonyl (C=O) groups is 1. The van der Waals surface area contributed by atoms with Crippen molar-refractivity contribution < 1.29 is 13.7 Å². The van der Waals surface area contributed by atoms with E-state index in [0.29, 0.717) is 12.2 Å². The molecule has 7 heteroatoms. The highest BCUT2D eigenvalue weighted by atomic mass is 79.9. The molecule has 1 heterocycles. The quantitative estimate of drug-likeness (QED) is 0.907. The van der Waals surface area contributed by atoms with Crippen molar-refractivity contribution in [3.63, 3.8) is 0 Å². The lowest BCUT2D eigenvalue weighted by molar-refractivity contribution is -0.121. The maximum Gasteiger partial charge on any atom is 0.220 e. The van der Waals surface area contributed by atoms with Crippen molar-refractivity contribution in [1.29, 1.82) is 0 Å². The number of amides is 1. The third kappa shape index (κ3) is 3.86. The Balaban J connectivity index is 1.87. The van der Waals surface area contributed by atoms with E-state index in [4.69, 9.17) is 0 Å². The number of aryl methyl sites for hydroxylation is 1. The molecule has 0 saturated carbocycles. The van der Waals surface area contributed by atoms with Crippen molar-refractivity contribution in [2.75, 3.05) is 0 Å². The van der Waals surface area contributed by atoms with Crippen molar-refractivity contribution in [3.8, 4) is 0 Å².